The summed E-state index contributed by atoms with van der Waals surface area (Å²) in [4.78, 5) is 11.7. The van der Waals surface area contributed by atoms with Gasteiger partial charge in [0.15, 0.2) is 5.04 Å². The highest BCUT2D eigenvalue weighted by Gasteiger charge is 2.27. The van der Waals surface area contributed by atoms with Crippen LogP contribution in [0.25, 0.3) is 22.3 Å². The SMILES string of the molecule is Nc1ncc(-c2ccc(-c3ccccc3S(=O)(=O)C3=NC=CN(N)C3)cc2F)cn1. The van der Waals surface area contributed by atoms with E-state index in [0.29, 0.717) is 16.7 Å². The second-order valence-corrected chi connectivity index (χ2v) is 8.44. The Bertz CT molecular complexity index is 1270. The summed E-state index contributed by atoms with van der Waals surface area (Å²) in [6, 6.07) is 10.8. The van der Waals surface area contributed by atoms with Gasteiger partial charge >= 0.3 is 0 Å². The first-order valence-electron chi connectivity index (χ1n) is 8.83. The third-order valence-corrected chi connectivity index (χ3v) is 6.33. The number of hydrazine groups is 1. The zero-order chi connectivity index (χ0) is 21.3. The summed E-state index contributed by atoms with van der Waals surface area (Å²) in [7, 11) is -3.93. The molecule has 0 saturated carbocycles. The average Bonchev–Trinajstić information content (AvgIpc) is 2.74. The van der Waals surface area contributed by atoms with Crippen LogP contribution in [0.15, 0.2) is 77.1 Å². The maximum atomic E-state index is 14.9. The standard InChI is InChI=1S/C20H17FN6O2S/c21-17-9-13(5-6-15(17)14-10-25-20(22)26-11-14)16-3-1-2-4-18(16)30(28,29)19-12-27(23)8-7-24-19/h1-11H,12,23H2,(H2,22,25,26). The van der Waals surface area contributed by atoms with Crippen LogP contribution in [-0.2, 0) is 9.84 Å². The molecule has 30 heavy (non-hydrogen) atoms. The van der Waals surface area contributed by atoms with Crippen molar-refractivity contribution in [2.75, 3.05) is 12.3 Å². The van der Waals surface area contributed by atoms with Crippen LogP contribution in [-0.4, -0.2) is 35.0 Å². The van der Waals surface area contributed by atoms with E-state index < -0.39 is 15.7 Å². The Morgan fingerprint density at radius 2 is 1.73 bits per heavy atom. The number of aromatic nitrogens is 2. The van der Waals surface area contributed by atoms with Gasteiger partial charge in [0, 0.05) is 41.5 Å². The Hall–Kier alpha value is -3.63. The molecule has 0 spiro atoms. The molecule has 0 aliphatic carbocycles. The molecule has 10 heteroatoms. The fourth-order valence-electron chi connectivity index (χ4n) is 3.07. The molecule has 8 nitrogen and oxygen atoms in total. The van der Waals surface area contributed by atoms with Gasteiger partial charge < -0.3 is 10.7 Å². The van der Waals surface area contributed by atoms with E-state index in [1.807, 2.05) is 0 Å². The van der Waals surface area contributed by atoms with Crippen LogP contribution in [0.5, 0.6) is 0 Å². The van der Waals surface area contributed by atoms with Crippen LogP contribution in [0.2, 0.25) is 0 Å². The van der Waals surface area contributed by atoms with E-state index in [1.54, 1.807) is 30.3 Å². The zero-order valence-corrected chi connectivity index (χ0v) is 16.4. The molecule has 4 rings (SSSR count). The Morgan fingerprint density at radius 1 is 1.00 bits per heavy atom. The van der Waals surface area contributed by atoms with Gasteiger partial charge in [-0.05, 0) is 17.7 Å². The lowest BCUT2D eigenvalue weighted by atomic mass is 10.0. The van der Waals surface area contributed by atoms with Crippen molar-refractivity contribution in [1.29, 1.82) is 0 Å². The van der Waals surface area contributed by atoms with Crippen molar-refractivity contribution in [2.24, 2.45) is 10.8 Å². The number of rotatable bonds is 3. The first kappa shape index (κ1) is 19.7. The van der Waals surface area contributed by atoms with Gasteiger partial charge in [-0.1, -0.05) is 30.3 Å². The van der Waals surface area contributed by atoms with Gasteiger partial charge in [-0.15, -0.1) is 0 Å². The predicted octanol–water partition coefficient (Wildman–Crippen LogP) is 2.36. The summed E-state index contributed by atoms with van der Waals surface area (Å²) >= 11 is 0. The number of nitrogen functional groups attached to an aromatic ring is 1. The molecule has 2 aromatic carbocycles. The molecular weight excluding hydrogens is 407 g/mol. The van der Waals surface area contributed by atoms with Gasteiger partial charge in [0.1, 0.15) is 5.82 Å². The third kappa shape index (κ3) is 3.65. The quantitative estimate of drug-likeness (QED) is 0.618. The smallest absolute Gasteiger partial charge is 0.222 e. The van der Waals surface area contributed by atoms with Crippen LogP contribution in [0.4, 0.5) is 10.3 Å². The van der Waals surface area contributed by atoms with E-state index in [2.05, 4.69) is 15.0 Å². The fourth-order valence-corrected chi connectivity index (χ4v) is 4.57. The maximum absolute atomic E-state index is 14.9. The molecule has 0 saturated heterocycles. The van der Waals surface area contributed by atoms with Crippen molar-refractivity contribution < 1.29 is 12.8 Å². The normalized spacial score (nSPS) is 13.9. The minimum Gasteiger partial charge on any atom is -0.368 e. The highest BCUT2D eigenvalue weighted by molar-refractivity contribution is 8.06. The molecule has 152 valence electrons. The molecule has 2 heterocycles. The summed E-state index contributed by atoms with van der Waals surface area (Å²) in [6.45, 7) is -0.0579. The van der Waals surface area contributed by atoms with Crippen LogP contribution in [0.1, 0.15) is 0 Å². The van der Waals surface area contributed by atoms with Crippen LogP contribution < -0.4 is 11.6 Å². The van der Waals surface area contributed by atoms with E-state index in [1.165, 1.54) is 41.9 Å². The molecular formula is C20H17FN6O2S. The monoisotopic (exact) mass is 424 g/mol. The summed E-state index contributed by atoms with van der Waals surface area (Å²) in [5, 5.41) is 1.14. The number of hydrogen-bond donors (Lipinski definition) is 2. The van der Waals surface area contributed by atoms with Crippen LogP contribution in [0.3, 0.4) is 0 Å². The van der Waals surface area contributed by atoms with E-state index in [-0.39, 0.29) is 28.0 Å². The van der Waals surface area contributed by atoms with Crippen LogP contribution in [0, 0.1) is 5.82 Å². The van der Waals surface area contributed by atoms with E-state index in [9.17, 15) is 12.8 Å². The summed E-state index contributed by atoms with van der Waals surface area (Å²) in [5.41, 5.74) is 6.97. The number of nitrogens with zero attached hydrogens (tertiary/aromatic N) is 4. The molecule has 0 radical (unpaired) electrons. The Kier molecular flexibility index (Phi) is 5.02. The highest BCUT2D eigenvalue weighted by atomic mass is 32.2. The molecule has 1 aliphatic heterocycles. The molecule has 0 fully saturated rings. The Labute approximate surface area is 172 Å². The van der Waals surface area contributed by atoms with E-state index in [4.69, 9.17) is 11.6 Å². The van der Waals surface area contributed by atoms with Gasteiger partial charge in [0.05, 0.1) is 11.4 Å². The molecule has 0 atom stereocenters. The minimum absolute atomic E-state index is 0.0235. The topological polar surface area (TPSA) is 128 Å². The minimum atomic E-state index is -3.93. The summed E-state index contributed by atoms with van der Waals surface area (Å²) < 4.78 is 41.2. The summed E-state index contributed by atoms with van der Waals surface area (Å²) in [6.07, 6.45) is 5.64. The largest absolute Gasteiger partial charge is 0.368 e. The lowest BCUT2D eigenvalue weighted by Gasteiger charge is -2.19. The highest BCUT2D eigenvalue weighted by Crippen LogP contribution is 2.32. The van der Waals surface area contributed by atoms with Gasteiger partial charge in [-0.25, -0.2) is 33.6 Å². The van der Waals surface area contributed by atoms with Crippen molar-refractivity contribution >= 4 is 20.8 Å². The van der Waals surface area contributed by atoms with Crippen molar-refractivity contribution in [3.63, 3.8) is 0 Å². The second-order valence-electron chi connectivity index (χ2n) is 6.52. The van der Waals surface area contributed by atoms with Crippen molar-refractivity contribution in [2.45, 2.75) is 4.90 Å². The Morgan fingerprint density at radius 3 is 2.43 bits per heavy atom. The van der Waals surface area contributed by atoms with E-state index in [0.717, 1.165) is 0 Å². The molecule has 1 aliphatic rings. The van der Waals surface area contributed by atoms with Crippen LogP contribution >= 0.6 is 0 Å². The lowest BCUT2D eigenvalue weighted by molar-refractivity contribution is 0.446. The second kappa shape index (κ2) is 7.65. The fraction of sp³-hybridized carbons (Fsp3) is 0.0500. The van der Waals surface area contributed by atoms with Crippen molar-refractivity contribution in [3.8, 4) is 22.3 Å². The number of benzene rings is 2. The molecule has 0 bridgehead atoms. The number of anilines is 1. The maximum Gasteiger partial charge on any atom is 0.222 e. The molecule has 0 unspecified atom stereocenters. The predicted molar refractivity (Wildman–Crippen MR) is 112 cm³/mol. The average molecular weight is 424 g/mol. The number of halogens is 1. The molecule has 1 aromatic heterocycles. The van der Waals surface area contributed by atoms with Crippen molar-refractivity contribution in [1.82, 2.24) is 15.0 Å². The molecule has 3 aromatic rings. The first-order valence-corrected chi connectivity index (χ1v) is 10.3. The lowest BCUT2D eigenvalue weighted by Crippen LogP contribution is -2.36. The van der Waals surface area contributed by atoms with Crippen molar-refractivity contribution in [3.05, 3.63) is 73.1 Å². The molecule has 4 N–H and O–H groups in total. The zero-order valence-electron chi connectivity index (χ0n) is 15.6. The van der Waals surface area contributed by atoms with Gasteiger partial charge in [-0.3, -0.25) is 0 Å². The van der Waals surface area contributed by atoms with Gasteiger partial charge in [0.25, 0.3) is 0 Å². The van der Waals surface area contributed by atoms with Gasteiger partial charge in [0.2, 0.25) is 15.8 Å². The van der Waals surface area contributed by atoms with E-state index >= 15 is 0 Å². The first-order chi connectivity index (χ1) is 14.4. The number of aliphatic imine (C=N–C) groups is 1. The Balaban J connectivity index is 1.78. The molecule has 0 amide bonds. The van der Waals surface area contributed by atoms with Gasteiger partial charge in [-0.2, -0.15) is 0 Å². The number of hydrogen-bond acceptors (Lipinski definition) is 8. The third-order valence-electron chi connectivity index (χ3n) is 4.54. The number of nitrogens with two attached hydrogens (primary N) is 2. The summed E-state index contributed by atoms with van der Waals surface area (Å²) in [5.74, 6) is 5.23. The number of sulfone groups is 1.